The molecule has 0 amide bonds. The summed E-state index contributed by atoms with van der Waals surface area (Å²) in [6, 6.07) is 0. The molecule has 4 nitrogen and oxygen atoms in total. The van der Waals surface area contributed by atoms with Crippen molar-refractivity contribution in [1.82, 2.24) is 0 Å². The summed E-state index contributed by atoms with van der Waals surface area (Å²) in [6.45, 7) is 8.54. The van der Waals surface area contributed by atoms with Crippen LogP contribution in [0.4, 0.5) is 0 Å². The minimum atomic E-state index is -0.510. The maximum Gasteiger partial charge on any atom is 0.198 e. The Hall–Kier alpha value is 3.47. The second kappa shape index (κ2) is 12.8. The Morgan fingerprint density at radius 2 is 1.68 bits per heavy atom. The Morgan fingerprint density at radius 1 is 1.09 bits per heavy atom. The molecule has 1 aliphatic rings. The van der Waals surface area contributed by atoms with Crippen molar-refractivity contribution in [2.24, 2.45) is 5.92 Å². The molecular weight excluding hydrogens is 454 g/mol. The quantitative estimate of drug-likeness (QED) is 0.290. The molecule has 1 fully saturated rings. The predicted octanol–water partition coefficient (Wildman–Crippen LogP) is 6.16. The SMILES string of the molecule is CC1[C@@H](OSP(C)P)C(OSP(C)P)OC[C@H]1OP(C)SP. The zero-order valence-corrected chi connectivity index (χ0v) is 21.5. The fourth-order valence-electron chi connectivity index (χ4n) is 1.68. The largest absolute Gasteiger partial charge is 0.346 e. The van der Waals surface area contributed by atoms with E-state index in [2.05, 4.69) is 53.2 Å². The van der Waals surface area contributed by atoms with Crippen LogP contribution in [0.1, 0.15) is 6.92 Å². The third-order valence-corrected chi connectivity index (χ3v) is 12.0. The summed E-state index contributed by atoms with van der Waals surface area (Å²) >= 11 is 4.65. The highest BCUT2D eigenvalue weighted by molar-refractivity contribution is 8.77. The summed E-state index contributed by atoms with van der Waals surface area (Å²) < 4.78 is 23.9. The molecule has 0 aromatic heterocycles. The van der Waals surface area contributed by atoms with Crippen molar-refractivity contribution in [1.29, 1.82) is 0 Å². The summed E-state index contributed by atoms with van der Waals surface area (Å²) in [6.07, 6.45) is -0.421. The van der Waals surface area contributed by atoms with E-state index in [1.54, 1.807) is 11.0 Å². The lowest BCUT2D eigenvalue weighted by molar-refractivity contribution is -0.198. The van der Waals surface area contributed by atoms with Crippen molar-refractivity contribution in [2.45, 2.75) is 25.4 Å². The second-order valence-corrected chi connectivity index (χ2v) is 24.1. The van der Waals surface area contributed by atoms with Gasteiger partial charge in [0.15, 0.2) is 6.29 Å². The average molecular weight is 478 g/mol. The van der Waals surface area contributed by atoms with Gasteiger partial charge in [-0.3, -0.25) is 4.18 Å². The van der Waals surface area contributed by atoms with Gasteiger partial charge < -0.3 is 13.4 Å². The van der Waals surface area contributed by atoms with Gasteiger partial charge in [-0.25, -0.2) is 0 Å². The molecular formula is C9H24O4P6S3. The van der Waals surface area contributed by atoms with Crippen LogP contribution in [0.3, 0.4) is 0 Å². The van der Waals surface area contributed by atoms with Gasteiger partial charge in [-0.2, -0.15) is 0 Å². The minimum Gasteiger partial charge on any atom is -0.346 e. The minimum absolute atomic E-state index is 0.0475. The lowest BCUT2D eigenvalue weighted by atomic mass is 9.96. The average Bonchev–Trinajstić information content (AvgIpc) is 2.45. The van der Waals surface area contributed by atoms with E-state index in [0.29, 0.717) is 6.61 Å². The summed E-state index contributed by atoms with van der Waals surface area (Å²) in [5.74, 6) is 0.224. The first-order valence-electron chi connectivity index (χ1n) is 6.37. The molecule has 0 saturated carbocycles. The standard InChI is InChI=1S/C9H24O4P6S3/c1-6-7(11-17(2)22-16)5-10-9(13-21-19(4)15)8(6)12-20-18(3)14/h6-9H,5,14-16H2,1-4H3/t6?,7-,8-,9?,17?,18?,19?/m1/s1. The van der Waals surface area contributed by atoms with Crippen molar-refractivity contribution >= 4 is 81.6 Å². The molecule has 0 aromatic carbocycles. The molecule has 1 rings (SSSR count). The fraction of sp³-hybridized carbons (Fsp3) is 1.00. The van der Waals surface area contributed by atoms with Crippen LogP contribution in [0.2, 0.25) is 0 Å². The molecule has 0 N–H and O–H groups in total. The van der Waals surface area contributed by atoms with E-state index in [0.717, 1.165) is 0 Å². The zero-order chi connectivity index (χ0) is 16.7. The normalized spacial score (nSPS) is 33.4. The summed E-state index contributed by atoms with van der Waals surface area (Å²) in [5.41, 5.74) is 0. The third kappa shape index (κ3) is 8.91. The van der Waals surface area contributed by atoms with Gasteiger partial charge in [0.25, 0.3) is 0 Å². The van der Waals surface area contributed by atoms with Gasteiger partial charge in [-0.15, -0.1) is 0 Å². The Bertz CT molecular complexity index is 319. The smallest absolute Gasteiger partial charge is 0.198 e. The summed E-state index contributed by atoms with van der Waals surface area (Å²) in [4.78, 5) is 0. The molecule has 0 radical (unpaired) electrons. The van der Waals surface area contributed by atoms with Crippen molar-refractivity contribution in [3.8, 4) is 0 Å². The van der Waals surface area contributed by atoms with Gasteiger partial charge >= 0.3 is 0 Å². The van der Waals surface area contributed by atoms with Crippen LogP contribution >= 0.6 is 81.6 Å². The molecule has 0 spiro atoms. The fourth-order valence-corrected chi connectivity index (χ4v) is 6.44. The lowest BCUT2D eigenvalue weighted by Crippen LogP contribution is -2.49. The van der Waals surface area contributed by atoms with Gasteiger partial charge in [0.1, 0.15) is 6.10 Å². The molecule has 10 atom stereocenters. The van der Waals surface area contributed by atoms with Crippen molar-refractivity contribution < 1.29 is 17.6 Å². The van der Waals surface area contributed by atoms with Crippen molar-refractivity contribution in [3.63, 3.8) is 0 Å². The van der Waals surface area contributed by atoms with Gasteiger partial charge in [-0.1, -0.05) is 44.2 Å². The number of hydrogen-bond donors (Lipinski definition) is 0. The van der Waals surface area contributed by atoms with Gasteiger partial charge in [0.05, 0.1) is 20.1 Å². The van der Waals surface area contributed by atoms with Crippen molar-refractivity contribution in [3.05, 3.63) is 0 Å². The molecule has 0 bridgehead atoms. The van der Waals surface area contributed by atoms with Crippen LogP contribution in [0.5, 0.6) is 0 Å². The summed E-state index contributed by atoms with van der Waals surface area (Å²) in [5, 5.41) is 0. The van der Waals surface area contributed by atoms with E-state index >= 15 is 0 Å². The predicted molar refractivity (Wildman–Crippen MR) is 120 cm³/mol. The molecule has 1 heterocycles. The number of rotatable bonds is 9. The first-order valence-corrected chi connectivity index (χ1v) is 20.5. The molecule has 13 heteroatoms. The van der Waals surface area contributed by atoms with Gasteiger partial charge in [0.2, 0.25) is 0 Å². The Balaban J connectivity index is 2.66. The maximum atomic E-state index is 6.09. The highest BCUT2D eigenvalue weighted by Gasteiger charge is 2.41. The maximum absolute atomic E-state index is 6.09. The molecule has 8 unspecified atom stereocenters. The van der Waals surface area contributed by atoms with Crippen LogP contribution in [0, 0.1) is 5.92 Å². The lowest BCUT2D eigenvalue weighted by Gasteiger charge is -2.40. The van der Waals surface area contributed by atoms with E-state index in [4.69, 9.17) is 17.6 Å². The van der Waals surface area contributed by atoms with E-state index < -0.39 is 7.35 Å². The molecule has 22 heavy (non-hydrogen) atoms. The van der Waals surface area contributed by atoms with E-state index in [1.807, 2.05) is 0 Å². The van der Waals surface area contributed by atoms with Gasteiger partial charge in [-0.05, 0) is 33.6 Å². The van der Waals surface area contributed by atoms with Crippen LogP contribution in [-0.4, -0.2) is 45.1 Å². The first kappa shape index (κ1) is 23.5. The second-order valence-electron chi connectivity index (χ2n) is 4.65. The van der Waals surface area contributed by atoms with Crippen LogP contribution in [0.25, 0.3) is 0 Å². The molecule has 1 aliphatic heterocycles. The van der Waals surface area contributed by atoms with E-state index in [-0.39, 0.29) is 38.0 Å². The zero-order valence-electron chi connectivity index (χ0n) is 12.9. The molecule has 0 aromatic rings. The Kier molecular flexibility index (Phi) is 13.7. The van der Waals surface area contributed by atoms with Crippen molar-refractivity contribution in [2.75, 3.05) is 26.6 Å². The summed E-state index contributed by atoms with van der Waals surface area (Å²) in [7, 11) is 7.71. The monoisotopic (exact) mass is 478 g/mol. The number of ether oxygens (including phenoxy) is 1. The van der Waals surface area contributed by atoms with Crippen LogP contribution in [-0.2, 0) is 17.6 Å². The Labute approximate surface area is 156 Å². The highest BCUT2D eigenvalue weighted by atomic mass is 33.1. The van der Waals surface area contributed by atoms with Gasteiger partial charge in [0, 0.05) is 29.2 Å². The topological polar surface area (TPSA) is 36.9 Å². The molecule has 0 aliphatic carbocycles. The molecule has 132 valence electrons. The highest BCUT2D eigenvalue weighted by Crippen LogP contribution is 2.58. The van der Waals surface area contributed by atoms with E-state index in [9.17, 15) is 0 Å². The van der Waals surface area contributed by atoms with Crippen LogP contribution in [0.15, 0.2) is 0 Å². The Morgan fingerprint density at radius 3 is 2.23 bits per heavy atom. The van der Waals surface area contributed by atoms with Crippen LogP contribution < -0.4 is 0 Å². The number of hydrogen-bond acceptors (Lipinski definition) is 7. The third-order valence-electron chi connectivity index (χ3n) is 2.76. The van der Waals surface area contributed by atoms with E-state index in [1.165, 1.54) is 23.3 Å². The first-order chi connectivity index (χ1) is 10.3. The molecule has 1 saturated heterocycles.